The summed E-state index contributed by atoms with van der Waals surface area (Å²) in [7, 11) is 0. The van der Waals surface area contributed by atoms with Crippen molar-refractivity contribution in [1.29, 1.82) is 0 Å². The van der Waals surface area contributed by atoms with E-state index < -0.39 is 0 Å². The van der Waals surface area contributed by atoms with Gasteiger partial charge in [-0.25, -0.2) is 4.98 Å². The van der Waals surface area contributed by atoms with Gasteiger partial charge in [0.05, 0.1) is 5.69 Å². The highest BCUT2D eigenvalue weighted by Crippen LogP contribution is 2.27. The second-order valence-corrected chi connectivity index (χ2v) is 5.44. The fourth-order valence-corrected chi connectivity index (χ4v) is 2.75. The Labute approximate surface area is 116 Å². The zero-order chi connectivity index (χ0) is 13.7. The van der Waals surface area contributed by atoms with Crippen LogP contribution in [0.1, 0.15) is 33.6 Å². The van der Waals surface area contributed by atoms with E-state index in [9.17, 15) is 0 Å². The molecule has 4 heteroatoms. The number of rotatable bonds is 5. The molecule has 1 fully saturated rings. The Morgan fingerprint density at radius 2 is 2.16 bits per heavy atom. The fraction of sp³-hybridized carbons (Fsp3) is 0.667. The minimum atomic E-state index is 0.426. The van der Waals surface area contributed by atoms with E-state index in [-0.39, 0.29) is 0 Å². The van der Waals surface area contributed by atoms with E-state index in [1.54, 1.807) is 0 Å². The molecule has 2 heterocycles. The SMILES string of the molecule is CCN(c1ncccc1NC(C)C)C1CCNCC1. The molecule has 106 valence electrons. The van der Waals surface area contributed by atoms with Gasteiger partial charge < -0.3 is 15.5 Å². The largest absolute Gasteiger partial charge is 0.380 e. The van der Waals surface area contributed by atoms with Crippen LogP contribution in [0.5, 0.6) is 0 Å². The minimum absolute atomic E-state index is 0.426. The van der Waals surface area contributed by atoms with Gasteiger partial charge in [-0.05, 0) is 58.8 Å². The number of pyridine rings is 1. The second-order valence-electron chi connectivity index (χ2n) is 5.44. The Morgan fingerprint density at radius 3 is 2.79 bits per heavy atom. The lowest BCUT2D eigenvalue weighted by atomic mass is 10.0. The smallest absolute Gasteiger partial charge is 0.152 e. The van der Waals surface area contributed by atoms with Crippen LogP contribution < -0.4 is 15.5 Å². The van der Waals surface area contributed by atoms with Gasteiger partial charge in [0.25, 0.3) is 0 Å². The van der Waals surface area contributed by atoms with Crippen LogP contribution in [0.3, 0.4) is 0 Å². The fourth-order valence-electron chi connectivity index (χ4n) is 2.75. The molecule has 1 saturated heterocycles. The van der Waals surface area contributed by atoms with Crippen LogP contribution in [0.15, 0.2) is 18.3 Å². The first kappa shape index (κ1) is 14.1. The van der Waals surface area contributed by atoms with Crippen molar-refractivity contribution in [3.8, 4) is 0 Å². The Morgan fingerprint density at radius 1 is 1.42 bits per heavy atom. The van der Waals surface area contributed by atoms with Crippen molar-refractivity contribution >= 4 is 11.5 Å². The van der Waals surface area contributed by atoms with E-state index in [0.717, 1.165) is 31.1 Å². The molecule has 2 rings (SSSR count). The lowest BCUT2D eigenvalue weighted by molar-refractivity contribution is 0.432. The lowest BCUT2D eigenvalue weighted by Gasteiger charge is -2.36. The third-order valence-electron chi connectivity index (χ3n) is 3.59. The predicted octanol–water partition coefficient (Wildman–Crippen LogP) is 2.48. The van der Waals surface area contributed by atoms with E-state index in [1.165, 1.54) is 12.8 Å². The van der Waals surface area contributed by atoms with Crippen molar-refractivity contribution in [2.75, 3.05) is 29.9 Å². The molecule has 0 unspecified atom stereocenters. The number of hydrogen-bond acceptors (Lipinski definition) is 4. The molecular weight excluding hydrogens is 236 g/mol. The number of hydrogen-bond donors (Lipinski definition) is 2. The third kappa shape index (κ3) is 3.60. The molecule has 1 aromatic rings. The summed E-state index contributed by atoms with van der Waals surface area (Å²) >= 11 is 0. The molecule has 0 amide bonds. The molecule has 0 spiro atoms. The topological polar surface area (TPSA) is 40.2 Å². The van der Waals surface area contributed by atoms with Crippen LogP contribution in [-0.2, 0) is 0 Å². The standard InChI is InChI=1S/C15H26N4/c1-4-19(13-7-10-16-11-8-13)15-14(18-12(2)3)6-5-9-17-15/h5-6,9,12-13,16,18H,4,7-8,10-11H2,1-3H3. The molecule has 4 nitrogen and oxygen atoms in total. The average molecular weight is 262 g/mol. The average Bonchev–Trinajstić information content (AvgIpc) is 2.42. The van der Waals surface area contributed by atoms with Crippen molar-refractivity contribution in [3.05, 3.63) is 18.3 Å². The maximum absolute atomic E-state index is 4.62. The van der Waals surface area contributed by atoms with Crippen LogP contribution in [-0.4, -0.2) is 36.7 Å². The Kier molecular flexibility index (Phi) is 5.02. The summed E-state index contributed by atoms with van der Waals surface area (Å²) in [6.07, 6.45) is 4.29. The van der Waals surface area contributed by atoms with Crippen LogP contribution >= 0.6 is 0 Å². The van der Waals surface area contributed by atoms with Gasteiger partial charge in [0.1, 0.15) is 0 Å². The highest BCUT2D eigenvalue weighted by molar-refractivity contribution is 5.66. The van der Waals surface area contributed by atoms with E-state index in [1.807, 2.05) is 12.3 Å². The maximum Gasteiger partial charge on any atom is 0.152 e. The normalized spacial score (nSPS) is 16.6. The molecule has 0 atom stereocenters. The Bertz CT molecular complexity index is 385. The number of nitrogens with one attached hydrogen (secondary N) is 2. The van der Waals surface area contributed by atoms with E-state index in [0.29, 0.717) is 12.1 Å². The highest BCUT2D eigenvalue weighted by Gasteiger charge is 2.22. The molecule has 2 N–H and O–H groups in total. The van der Waals surface area contributed by atoms with Gasteiger partial charge in [0, 0.05) is 24.8 Å². The molecule has 0 radical (unpaired) electrons. The van der Waals surface area contributed by atoms with Crippen LogP contribution in [0, 0.1) is 0 Å². The van der Waals surface area contributed by atoms with Crippen molar-refractivity contribution < 1.29 is 0 Å². The first-order valence-electron chi connectivity index (χ1n) is 7.41. The van der Waals surface area contributed by atoms with E-state index in [4.69, 9.17) is 0 Å². The summed E-state index contributed by atoms with van der Waals surface area (Å²) in [6, 6.07) is 5.17. The summed E-state index contributed by atoms with van der Waals surface area (Å²) in [5.74, 6) is 1.10. The Hall–Kier alpha value is -1.29. The van der Waals surface area contributed by atoms with Crippen molar-refractivity contribution in [1.82, 2.24) is 10.3 Å². The number of anilines is 2. The minimum Gasteiger partial charge on any atom is -0.380 e. The van der Waals surface area contributed by atoms with Gasteiger partial charge in [-0.15, -0.1) is 0 Å². The number of piperidine rings is 1. The number of aromatic nitrogens is 1. The van der Waals surface area contributed by atoms with Crippen LogP contribution in [0.2, 0.25) is 0 Å². The zero-order valence-corrected chi connectivity index (χ0v) is 12.3. The van der Waals surface area contributed by atoms with Crippen molar-refractivity contribution in [3.63, 3.8) is 0 Å². The third-order valence-corrected chi connectivity index (χ3v) is 3.59. The molecule has 1 aromatic heterocycles. The van der Waals surface area contributed by atoms with Gasteiger partial charge in [-0.3, -0.25) is 0 Å². The predicted molar refractivity (Wildman–Crippen MR) is 81.9 cm³/mol. The molecule has 0 aliphatic carbocycles. The van der Waals surface area contributed by atoms with Gasteiger partial charge in [-0.2, -0.15) is 0 Å². The monoisotopic (exact) mass is 262 g/mol. The van der Waals surface area contributed by atoms with Gasteiger partial charge in [0.15, 0.2) is 5.82 Å². The zero-order valence-electron chi connectivity index (χ0n) is 12.3. The molecule has 19 heavy (non-hydrogen) atoms. The maximum atomic E-state index is 4.62. The molecule has 0 bridgehead atoms. The van der Waals surface area contributed by atoms with Gasteiger partial charge in [0.2, 0.25) is 0 Å². The van der Waals surface area contributed by atoms with Gasteiger partial charge >= 0.3 is 0 Å². The first-order valence-corrected chi connectivity index (χ1v) is 7.41. The van der Waals surface area contributed by atoms with Crippen LogP contribution in [0.25, 0.3) is 0 Å². The van der Waals surface area contributed by atoms with E-state index in [2.05, 4.69) is 47.4 Å². The second kappa shape index (κ2) is 6.75. The highest BCUT2D eigenvalue weighted by atomic mass is 15.2. The summed E-state index contributed by atoms with van der Waals surface area (Å²) < 4.78 is 0. The summed E-state index contributed by atoms with van der Waals surface area (Å²) in [4.78, 5) is 7.07. The quantitative estimate of drug-likeness (QED) is 0.855. The van der Waals surface area contributed by atoms with E-state index >= 15 is 0 Å². The molecule has 0 saturated carbocycles. The van der Waals surface area contributed by atoms with Gasteiger partial charge in [-0.1, -0.05) is 0 Å². The summed E-state index contributed by atoms with van der Waals surface area (Å²) in [6.45, 7) is 9.78. The lowest BCUT2D eigenvalue weighted by Crippen LogP contribution is -2.43. The summed E-state index contributed by atoms with van der Waals surface area (Å²) in [5.41, 5.74) is 1.15. The van der Waals surface area contributed by atoms with Crippen molar-refractivity contribution in [2.45, 2.75) is 45.7 Å². The molecule has 0 aromatic carbocycles. The summed E-state index contributed by atoms with van der Waals surface area (Å²) in [5, 5.41) is 6.94. The number of nitrogens with zero attached hydrogens (tertiary/aromatic N) is 2. The Balaban J connectivity index is 2.21. The van der Waals surface area contributed by atoms with Crippen LogP contribution in [0.4, 0.5) is 11.5 Å². The molecular formula is C15H26N4. The first-order chi connectivity index (χ1) is 9.22. The van der Waals surface area contributed by atoms with Crippen molar-refractivity contribution in [2.24, 2.45) is 0 Å². The molecule has 1 aliphatic rings. The molecule has 1 aliphatic heterocycles.